The van der Waals surface area contributed by atoms with Crippen molar-refractivity contribution in [3.63, 3.8) is 0 Å². The van der Waals surface area contributed by atoms with Gasteiger partial charge < -0.3 is 9.47 Å². The molecule has 1 aromatic heterocycles. The standard InChI is InChI=1S/C17H13N3O5/c21-17(11-24-14-7-5-13(6-8-14)20(22)23)25-10-12-9-18-15-3-1-2-4-16(15)19-12/h1-9H,10-11H2. The summed E-state index contributed by atoms with van der Waals surface area (Å²) in [6.45, 7) is -0.320. The van der Waals surface area contributed by atoms with E-state index in [0.29, 0.717) is 11.4 Å². The molecule has 8 nitrogen and oxygen atoms in total. The van der Waals surface area contributed by atoms with Gasteiger partial charge in [-0.1, -0.05) is 12.1 Å². The lowest BCUT2D eigenvalue weighted by Crippen LogP contribution is -2.15. The average molecular weight is 339 g/mol. The molecule has 0 spiro atoms. The molecule has 126 valence electrons. The number of nitro benzene ring substituents is 1. The zero-order valence-corrected chi connectivity index (χ0v) is 13.0. The van der Waals surface area contributed by atoms with Gasteiger partial charge >= 0.3 is 5.97 Å². The van der Waals surface area contributed by atoms with Crippen LogP contribution in [0.1, 0.15) is 5.69 Å². The maximum atomic E-state index is 11.7. The Morgan fingerprint density at radius 1 is 1.08 bits per heavy atom. The van der Waals surface area contributed by atoms with Crippen LogP contribution in [0, 0.1) is 10.1 Å². The van der Waals surface area contributed by atoms with Gasteiger partial charge in [0.05, 0.1) is 27.8 Å². The van der Waals surface area contributed by atoms with Gasteiger partial charge in [-0.15, -0.1) is 0 Å². The monoisotopic (exact) mass is 339 g/mol. The predicted octanol–water partition coefficient (Wildman–Crippen LogP) is 2.66. The second-order valence-electron chi connectivity index (χ2n) is 5.05. The Morgan fingerprint density at radius 2 is 1.80 bits per heavy atom. The van der Waals surface area contributed by atoms with Crippen molar-refractivity contribution in [3.05, 3.63) is 70.5 Å². The summed E-state index contributed by atoms with van der Waals surface area (Å²) in [6, 6.07) is 12.8. The number of ether oxygens (including phenoxy) is 2. The van der Waals surface area contributed by atoms with E-state index in [1.807, 2.05) is 24.3 Å². The number of hydrogen-bond donors (Lipinski definition) is 0. The van der Waals surface area contributed by atoms with Crippen molar-refractivity contribution in [1.82, 2.24) is 9.97 Å². The van der Waals surface area contributed by atoms with Gasteiger partial charge in [0.25, 0.3) is 5.69 Å². The maximum absolute atomic E-state index is 11.7. The lowest BCUT2D eigenvalue weighted by Gasteiger charge is -2.07. The van der Waals surface area contributed by atoms with Gasteiger partial charge in [0.2, 0.25) is 0 Å². The first kappa shape index (κ1) is 16.3. The number of nitro groups is 1. The highest BCUT2D eigenvalue weighted by molar-refractivity contribution is 5.74. The number of nitrogens with zero attached hydrogens (tertiary/aromatic N) is 3. The SMILES string of the molecule is O=C(COc1ccc([N+](=O)[O-])cc1)OCc1cnc2ccccc2n1. The Kier molecular flexibility index (Phi) is 4.79. The van der Waals surface area contributed by atoms with Crippen LogP contribution in [0.2, 0.25) is 0 Å². The topological polar surface area (TPSA) is 104 Å². The third kappa shape index (κ3) is 4.25. The van der Waals surface area contributed by atoms with E-state index in [4.69, 9.17) is 9.47 Å². The van der Waals surface area contributed by atoms with E-state index in [1.165, 1.54) is 24.3 Å². The van der Waals surface area contributed by atoms with Crippen LogP contribution in [0.25, 0.3) is 11.0 Å². The highest BCUT2D eigenvalue weighted by Gasteiger charge is 2.08. The summed E-state index contributed by atoms with van der Waals surface area (Å²) in [4.78, 5) is 30.4. The number of carbonyl (C=O) groups is 1. The molecule has 0 aliphatic heterocycles. The van der Waals surface area contributed by atoms with E-state index in [-0.39, 0.29) is 18.9 Å². The fourth-order valence-electron chi connectivity index (χ4n) is 2.07. The summed E-state index contributed by atoms with van der Waals surface area (Å²) in [6.07, 6.45) is 1.55. The first-order valence-corrected chi connectivity index (χ1v) is 7.35. The number of esters is 1. The van der Waals surface area contributed by atoms with Crippen LogP contribution in [-0.2, 0) is 16.1 Å². The number of para-hydroxylation sites is 2. The van der Waals surface area contributed by atoms with E-state index >= 15 is 0 Å². The van der Waals surface area contributed by atoms with Crippen LogP contribution in [0.3, 0.4) is 0 Å². The van der Waals surface area contributed by atoms with Crippen LogP contribution in [0.4, 0.5) is 5.69 Å². The van der Waals surface area contributed by atoms with Gasteiger partial charge in [-0.05, 0) is 24.3 Å². The molecule has 0 amide bonds. The van der Waals surface area contributed by atoms with Gasteiger partial charge in [0.1, 0.15) is 12.4 Å². The van der Waals surface area contributed by atoms with Crippen LogP contribution in [-0.4, -0.2) is 27.5 Å². The van der Waals surface area contributed by atoms with Crippen molar-refractivity contribution in [2.45, 2.75) is 6.61 Å². The molecule has 0 atom stereocenters. The number of hydrogen-bond acceptors (Lipinski definition) is 7. The number of fused-ring (bicyclic) bond motifs is 1. The minimum Gasteiger partial charge on any atom is -0.482 e. The molecular formula is C17H13N3O5. The number of carbonyl (C=O) groups excluding carboxylic acids is 1. The summed E-state index contributed by atoms with van der Waals surface area (Å²) in [5, 5.41) is 10.6. The van der Waals surface area contributed by atoms with Crippen molar-refractivity contribution in [2.24, 2.45) is 0 Å². The van der Waals surface area contributed by atoms with Crippen LogP contribution >= 0.6 is 0 Å². The second-order valence-corrected chi connectivity index (χ2v) is 5.05. The number of rotatable bonds is 6. The minimum absolute atomic E-state index is 0.0136. The van der Waals surface area contributed by atoms with Crippen molar-refractivity contribution in [1.29, 1.82) is 0 Å². The molecule has 1 heterocycles. The predicted molar refractivity (Wildman–Crippen MR) is 87.9 cm³/mol. The van der Waals surface area contributed by atoms with Crippen molar-refractivity contribution in [3.8, 4) is 5.75 Å². The van der Waals surface area contributed by atoms with Gasteiger partial charge in [-0.25, -0.2) is 9.78 Å². The van der Waals surface area contributed by atoms with E-state index < -0.39 is 10.9 Å². The van der Waals surface area contributed by atoms with Crippen LogP contribution < -0.4 is 4.74 Å². The molecular weight excluding hydrogens is 326 g/mol. The number of benzene rings is 2. The molecule has 2 aromatic carbocycles. The summed E-state index contributed by atoms with van der Waals surface area (Å²) in [5.74, 6) is -0.235. The van der Waals surface area contributed by atoms with E-state index in [2.05, 4.69) is 9.97 Å². The Bertz CT molecular complexity index is 912. The molecule has 0 radical (unpaired) electrons. The molecule has 8 heteroatoms. The molecule has 0 aliphatic carbocycles. The molecule has 0 saturated carbocycles. The third-order valence-electron chi connectivity index (χ3n) is 3.28. The quantitative estimate of drug-likeness (QED) is 0.386. The summed E-state index contributed by atoms with van der Waals surface area (Å²) in [7, 11) is 0. The lowest BCUT2D eigenvalue weighted by atomic mass is 10.3. The lowest BCUT2D eigenvalue weighted by molar-refractivity contribution is -0.384. The van der Waals surface area contributed by atoms with Gasteiger partial charge in [-0.2, -0.15) is 0 Å². The second kappa shape index (κ2) is 7.35. The molecule has 3 aromatic rings. The van der Waals surface area contributed by atoms with Gasteiger partial charge in [0.15, 0.2) is 6.61 Å². The molecule has 0 saturated heterocycles. The summed E-state index contributed by atoms with van der Waals surface area (Å²) >= 11 is 0. The first-order chi connectivity index (χ1) is 12.1. The normalized spacial score (nSPS) is 10.4. The average Bonchev–Trinajstić information content (AvgIpc) is 2.65. The fraction of sp³-hybridized carbons (Fsp3) is 0.118. The van der Waals surface area contributed by atoms with Crippen LogP contribution in [0.5, 0.6) is 5.75 Å². The first-order valence-electron chi connectivity index (χ1n) is 7.35. The highest BCUT2D eigenvalue weighted by Crippen LogP contribution is 2.17. The van der Waals surface area contributed by atoms with E-state index in [1.54, 1.807) is 6.20 Å². The number of aromatic nitrogens is 2. The van der Waals surface area contributed by atoms with Crippen molar-refractivity contribution >= 4 is 22.7 Å². The smallest absolute Gasteiger partial charge is 0.344 e. The van der Waals surface area contributed by atoms with Gasteiger partial charge in [-0.3, -0.25) is 15.1 Å². The highest BCUT2D eigenvalue weighted by atomic mass is 16.6. The molecule has 0 aliphatic rings. The zero-order valence-electron chi connectivity index (χ0n) is 13.0. The van der Waals surface area contributed by atoms with E-state index in [9.17, 15) is 14.9 Å². The third-order valence-corrected chi connectivity index (χ3v) is 3.28. The van der Waals surface area contributed by atoms with E-state index in [0.717, 1.165) is 11.0 Å². The Balaban J connectivity index is 1.51. The molecule has 0 bridgehead atoms. The Morgan fingerprint density at radius 3 is 2.52 bits per heavy atom. The molecule has 0 unspecified atom stereocenters. The summed E-state index contributed by atoms with van der Waals surface area (Å²) < 4.78 is 10.3. The van der Waals surface area contributed by atoms with Gasteiger partial charge in [0, 0.05) is 12.1 Å². The Hall–Kier alpha value is -3.55. The Labute approximate surface area is 142 Å². The molecule has 25 heavy (non-hydrogen) atoms. The number of non-ortho nitro benzene ring substituents is 1. The van der Waals surface area contributed by atoms with Crippen molar-refractivity contribution in [2.75, 3.05) is 6.61 Å². The molecule has 0 N–H and O–H groups in total. The van der Waals surface area contributed by atoms with Crippen molar-refractivity contribution < 1.29 is 19.2 Å². The minimum atomic E-state index is -0.576. The zero-order chi connectivity index (χ0) is 17.6. The van der Waals surface area contributed by atoms with Crippen LogP contribution in [0.15, 0.2) is 54.7 Å². The maximum Gasteiger partial charge on any atom is 0.344 e. The summed E-state index contributed by atoms with van der Waals surface area (Å²) in [5.41, 5.74) is 1.96. The largest absolute Gasteiger partial charge is 0.482 e. The molecule has 0 fully saturated rings. The molecule has 3 rings (SSSR count). The fourth-order valence-corrected chi connectivity index (χ4v) is 2.07.